The summed E-state index contributed by atoms with van der Waals surface area (Å²) >= 11 is 5.73. The number of rotatable bonds is 8. The second-order valence-electron chi connectivity index (χ2n) is 5.05. The third-order valence-corrected chi connectivity index (χ3v) is 3.82. The van der Waals surface area contributed by atoms with Crippen molar-refractivity contribution < 1.29 is 9.72 Å². The fourth-order valence-corrected chi connectivity index (χ4v) is 2.26. The van der Waals surface area contributed by atoms with Crippen molar-refractivity contribution >= 4 is 23.2 Å². The van der Waals surface area contributed by atoms with Crippen LogP contribution in [0.3, 0.4) is 0 Å². The number of nitrogens with one attached hydrogen (secondary N) is 1. The fourth-order valence-electron chi connectivity index (χ4n) is 2.08. The lowest BCUT2D eigenvalue weighted by molar-refractivity contribution is -0.384. The molecule has 0 fully saturated rings. The first-order valence-electron chi connectivity index (χ1n) is 7.21. The van der Waals surface area contributed by atoms with E-state index in [9.17, 15) is 14.9 Å². The zero-order valence-corrected chi connectivity index (χ0v) is 13.2. The lowest BCUT2D eigenvalue weighted by atomic mass is 9.99. The van der Waals surface area contributed by atoms with Crippen molar-refractivity contribution in [1.82, 2.24) is 5.32 Å². The third-order valence-electron chi connectivity index (χ3n) is 3.50. The van der Waals surface area contributed by atoms with Crippen molar-refractivity contribution in [3.05, 3.63) is 38.9 Å². The van der Waals surface area contributed by atoms with Crippen molar-refractivity contribution in [3.63, 3.8) is 0 Å². The number of unbranched alkanes of at least 4 members (excludes halogenated alkanes) is 1. The molecule has 0 saturated carbocycles. The molecule has 21 heavy (non-hydrogen) atoms. The van der Waals surface area contributed by atoms with Gasteiger partial charge in [0.15, 0.2) is 0 Å². The van der Waals surface area contributed by atoms with Crippen LogP contribution in [-0.4, -0.2) is 17.4 Å². The number of halogens is 1. The van der Waals surface area contributed by atoms with Gasteiger partial charge in [-0.25, -0.2) is 0 Å². The number of nitro benzene ring substituents is 1. The van der Waals surface area contributed by atoms with E-state index in [1.807, 2.05) is 0 Å². The van der Waals surface area contributed by atoms with Crippen molar-refractivity contribution in [2.75, 3.05) is 6.54 Å². The minimum absolute atomic E-state index is 0.0333. The van der Waals surface area contributed by atoms with E-state index in [4.69, 9.17) is 11.6 Å². The zero-order chi connectivity index (χ0) is 15.8. The molecule has 0 saturated heterocycles. The topological polar surface area (TPSA) is 72.2 Å². The van der Waals surface area contributed by atoms with E-state index in [0.717, 1.165) is 25.7 Å². The maximum atomic E-state index is 12.0. The first-order chi connectivity index (χ1) is 9.99. The van der Waals surface area contributed by atoms with Crippen molar-refractivity contribution in [2.24, 2.45) is 5.92 Å². The summed E-state index contributed by atoms with van der Waals surface area (Å²) in [5, 5.41) is 13.7. The monoisotopic (exact) mass is 312 g/mol. The van der Waals surface area contributed by atoms with Crippen molar-refractivity contribution in [1.29, 1.82) is 0 Å². The Balaban J connectivity index is 2.67. The van der Waals surface area contributed by atoms with Gasteiger partial charge in [0.05, 0.1) is 4.92 Å². The van der Waals surface area contributed by atoms with Crippen LogP contribution in [-0.2, 0) is 0 Å². The van der Waals surface area contributed by atoms with Crippen LogP contribution < -0.4 is 5.32 Å². The summed E-state index contributed by atoms with van der Waals surface area (Å²) < 4.78 is 0. The van der Waals surface area contributed by atoms with Crippen molar-refractivity contribution in [3.8, 4) is 0 Å². The summed E-state index contributed by atoms with van der Waals surface area (Å²) in [5.74, 6) is 0.140. The SMILES string of the molecule is CCCC[C@H](CC)CNC(=O)c1ccc(Cl)c([N+](=O)[O-])c1. The average molecular weight is 313 g/mol. The Morgan fingerprint density at radius 3 is 2.71 bits per heavy atom. The van der Waals surface area contributed by atoms with Gasteiger partial charge in [0.1, 0.15) is 5.02 Å². The molecule has 0 heterocycles. The highest BCUT2D eigenvalue weighted by Crippen LogP contribution is 2.25. The highest BCUT2D eigenvalue weighted by molar-refractivity contribution is 6.32. The molecule has 0 aliphatic rings. The largest absolute Gasteiger partial charge is 0.352 e. The number of nitrogens with zero attached hydrogens (tertiary/aromatic N) is 1. The smallest absolute Gasteiger partial charge is 0.288 e. The highest BCUT2D eigenvalue weighted by Gasteiger charge is 2.16. The molecule has 1 aromatic carbocycles. The summed E-state index contributed by atoms with van der Waals surface area (Å²) in [7, 11) is 0. The molecule has 0 unspecified atom stereocenters. The Kier molecular flexibility index (Phi) is 7.15. The molecule has 0 aromatic heterocycles. The minimum Gasteiger partial charge on any atom is -0.352 e. The van der Waals surface area contributed by atoms with Crippen LogP contribution in [0.25, 0.3) is 0 Å². The van der Waals surface area contributed by atoms with Crippen LogP contribution >= 0.6 is 11.6 Å². The van der Waals surface area contributed by atoms with E-state index in [1.165, 1.54) is 18.2 Å². The second-order valence-corrected chi connectivity index (χ2v) is 5.46. The second kappa shape index (κ2) is 8.62. The highest BCUT2D eigenvalue weighted by atomic mass is 35.5. The number of carbonyl (C=O) groups excluding carboxylic acids is 1. The molecule has 0 spiro atoms. The van der Waals surface area contributed by atoms with Gasteiger partial charge in [-0.1, -0.05) is 44.7 Å². The fraction of sp³-hybridized carbons (Fsp3) is 0.533. The zero-order valence-electron chi connectivity index (χ0n) is 12.4. The van der Waals surface area contributed by atoms with E-state index >= 15 is 0 Å². The molecule has 116 valence electrons. The summed E-state index contributed by atoms with van der Waals surface area (Å²) in [6.07, 6.45) is 4.35. The number of amides is 1. The Hall–Kier alpha value is -1.62. The van der Waals surface area contributed by atoms with Gasteiger partial charge in [0.2, 0.25) is 0 Å². The average Bonchev–Trinajstić information content (AvgIpc) is 2.47. The maximum Gasteiger partial charge on any atom is 0.288 e. The molecule has 1 amide bonds. The van der Waals surface area contributed by atoms with Gasteiger partial charge >= 0.3 is 0 Å². The van der Waals surface area contributed by atoms with E-state index < -0.39 is 4.92 Å². The third kappa shape index (κ3) is 5.34. The molecule has 0 bridgehead atoms. The van der Waals surface area contributed by atoms with Crippen LogP contribution in [0, 0.1) is 16.0 Å². The lowest BCUT2D eigenvalue weighted by Gasteiger charge is -2.15. The molecule has 0 aliphatic heterocycles. The van der Waals surface area contributed by atoms with Gasteiger partial charge < -0.3 is 5.32 Å². The molecular weight excluding hydrogens is 292 g/mol. The van der Waals surface area contributed by atoms with Crippen LogP contribution in [0.4, 0.5) is 5.69 Å². The number of hydrogen-bond donors (Lipinski definition) is 1. The van der Waals surface area contributed by atoms with Crippen LogP contribution in [0.15, 0.2) is 18.2 Å². The molecular formula is C15H21ClN2O3. The summed E-state index contributed by atoms with van der Waals surface area (Å²) in [6.45, 7) is 4.82. The predicted octanol–water partition coefficient (Wildman–Crippen LogP) is 4.19. The van der Waals surface area contributed by atoms with E-state index in [0.29, 0.717) is 12.5 Å². The van der Waals surface area contributed by atoms with Crippen LogP contribution in [0.1, 0.15) is 49.9 Å². The number of hydrogen-bond acceptors (Lipinski definition) is 3. The number of nitro groups is 1. The molecule has 0 radical (unpaired) electrons. The molecule has 6 heteroatoms. The van der Waals surface area contributed by atoms with Crippen LogP contribution in [0.2, 0.25) is 5.02 Å². The van der Waals surface area contributed by atoms with Crippen LogP contribution in [0.5, 0.6) is 0 Å². The minimum atomic E-state index is -0.588. The van der Waals surface area contributed by atoms with E-state index in [2.05, 4.69) is 19.2 Å². The van der Waals surface area contributed by atoms with Gasteiger partial charge in [0, 0.05) is 18.2 Å². The van der Waals surface area contributed by atoms with Crippen molar-refractivity contribution in [2.45, 2.75) is 39.5 Å². The molecule has 1 N–H and O–H groups in total. The predicted molar refractivity (Wildman–Crippen MR) is 83.7 cm³/mol. The first kappa shape index (κ1) is 17.4. The standard InChI is InChI=1S/C15H21ClN2O3/c1-3-5-6-11(4-2)10-17-15(19)12-7-8-13(16)14(9-12)18(20)21/h7-9,11H,3-6,10H2,1-2H3,(H,17,19)/t11-/m0/s1. The quantitative estimate of drug-likeness (QED) is 0.577. The van der Waals surface area contributed by atoms with Gasteiger partial charge in [-0.05, 0) is 24.5 Å². The molecule has 5 nitrogen and oxygen atoms in total. The normalized spacial score (nSPS) is 12.0. The Morgan fingerprint density at radius 1 is 1.43 bits per heavy atom. The number of carbonyl (C=O) groups is 1. The molecule has 1 atom stereocenters. The van der Waals surface area contributed by atoms with Gasteiger partial charge in [-0.3, -0.25) is 14.9 Å². The van der Waals surface area contributed by atoms with Gasteiger partial charge in [0.25, 0.3) is 11.6 Å². The summed E-state index contributed by atoms with van der Waals surface area (Å²) in [4.78, 5) is 22.3. The number of benzene rings is 1. The first-order valence-corrected chi connectivity index (χ1v) is 7.59. The summed E-state index contributed by atoms with van der Waals surface area (Å²) in [6, 6.07) is 4.09. The Labute approximate surface area is 129 Å². The van der Waals surface area contributed by atoms with E-state index in [-0.39, 0.29) is 22.2 Å². The molecule has 0 aliphatic carbocycles. The molecule has 1 rings (SSSR count). The lowest BCUT2D eigenvalue weighted by Crippen LogP contribution is -2.29. The van der Waals surface area contributed by atoms with E-state index in [1.54, 1.807) is 0 Å². The van der Waals surface area contributed by atoms with Gasteiger partial charge in [-0.15, -0.1) is 0 Å². The summed E-state index contributed by atoms with van der Waals surface area (Å²) in [5.41, 5.74) is 0.0128. The Bertz CT molecular complexity index is 506. The maximum absolute atomic E-state index is 12.0. The van der Waals surface area contributed by atoms with Gasteiger partial charge in [-0.2, -0.15) is 0 Å². The Morgan fingerprint density at radius 2 is 2.14 bits per heavy atom. The molecule has 1 aromatic rings.